The minimum Gasteiger partial charge on any atom is -1.00 e. The molecule has 29 heavy (non-hydrogen) atoms. The van der Waals surface area contributed by atoms with Crippen molar-refractivity contribution in [1.82, 2.24) is 0 Å². The first-order valence-corrected chi connectivity index (χ1v) is 10.00. The average molecular weight is 512 g/mol. The van der Waals surface area contributed by atoms with Crippen molar-refractivity contribution in [3.05, 3.63) is 53.1 Å². The van der Waals surface area contributed by atoms with E-state index < -0.39 is 0 Å². The van der Waals surface area contributed by atoms with E-state index in [4.69, 9.17) is 0 Å². The first-order valence-electron chi connectivity index (χ1n) is 8.78. The van der Waals surface area contributed by atoms with E-state index >= 15 is 0 Å². The van der Waals surface area contributed by atoms with E-state index in [2.05, 4.69) is 77.4 Å². The first kappa shape index (κ1) is 33.6. The van der Waals surface area contributed by atoms with Gasteiger partial charge in [0.1, 0.15) is 5.75 Å². The van der Waals surface area contributed by atoms with E-state index in [1.54, 1.807) is 11.8 Å². The predicted molar refractivity (Wildman–Crippen MR) is 111 cm³/mol. The van der Waals surface area contributed by atoms with Gasteiger partial charge in [-0.3, -0.25) is 0 Å². The van der Waals surface area contributed by atoms with Crippen LogP contribution >= 0.6 is 11.8 Å². The monoisotopic (exact) mass is 510 g/mol. The van der Waals surface area contributed by atoms with E-state index in [1.165, 1.54) is 10.5 Å². The number of aromatic hydroxyl groups is 1. The summed E-state index contributed by atoms with van der Waals surface area (Å²) in [6.07, 6.45) is 2.08. The van der Waals surface area contributed by atoms with E-state index in [0.717, 1.165) is 16.8 Å². The largest absolute Gasteiger partial charge is 3.00 e. The van der Waals surface area contributed by atoms with Gasteiger partial charge in [0.05, 0.1) is 0 Å². The third-order valence-corrected chi connectivity index (χ3v) is 5.23. The summed E-state index contributed by atoms with van der Waals surface area (Å²) < 4.78 is 0. The van der Waals surface area contributed by atoms with E-state index in [0.29, 0.717) is 12.3 Å². The number of anilines is 1. The molecular formula is C22H31Cl3NOSTi. The van der Waals surface area contributed by atoms with Gasteiger partial charge in [-0.2, -0.15) is 0 Å². The van der Waals surface area contributed by atoms with E-state index in [1.807, 2.05) is 12.1 Å². The Hall–Kier alpha value is -0.0257. The maximum Gasteiger partial charge on any atom is 3.00 e. The maximum absolute atomic E-state index is 10.9. The molecule has 0 saturated heterocycles. The second kappa shape index (κ2) is 13.4. The molecule has 2 N–H and O–H groups in total. The molecule has 0 fully saturated rings. The van der Waals surface area contributed by atoms with Crippen LogP contribution < -0.4 is 42.5 Å². The number of nitrogens with one attached hydrogen (secondary N) is 1. The topological polar surface area (TPSA) is 32.3 Å². The summed E-state index contributed by atoms with van der Waals surface area (Å²) in [5.41, 5.74) is 4.26. The number of phenolic OH excluding ortho intramolecular Hbond substituents is 1. The molecule has 0 aliphatic carbocycles. The minimum atomic E-state index is -0.0999. The maximum atomic E-state index is 10.9. The predicted octanol–water partition coefficient (Wildman–Crippen LogP) is -2.67. The zero-order valence-corrected chi connectivity index (χ0v) is 22.8. The minimum absolute atomic E-state index is 0. The molecular weight excluding hydrogens is 481 g/mol. The Labute approximate surface area is 214 Å². The van der Waals surface area contributed by atoms with Crippen molar-refractivity contribution in [2.75, 3.05) is 11.6 Å². The summed E-state index contributed by atoms with van der Waals surface area (Å²) in [6.45, 7) is 13.7. The van der Waals surface area contributed by atoms with Gasteiger partial charge in [0.25, 0.3) is 0 Å². The van der Waals surface area contributed by atoms with Crippen LogP contribution in [0.5, 0.6) is 5.75 Å². The normalized spacial score (nSPS) is 10.6. The molecule has 0 atom stereocenters. The Bertz CT molecular complexity index is 759. The Morgan fingerprint density at radius 3 is 1.93 bits per heavy atom. The van der Waals surface area contributed by atoms with Crippen LogP contribution in [0.2, 0.25) is 0 Å². The Morgan fingerprint density at radius 1 is 0.897 bits per heavy atom. The number of halogens is 3. The standard InChI is InChI=1S/C22H31NOS.3ClH.Ti/c1-21(2,3)16-12-15(20(24)17(13-16)22(4,5)6)14-23-18-10-8-9-11-19(18)25-7;;;;/h8-13,23-24H,14H2,1-7H3;3*1H;/q;;;;+3/p-3. The number of rotatable bonds is 4. The van der Waals surface area contributed by atoms with Gasteiger partial charge in [0, 0.05) is 22.7 Å². The smallest absolute Gasteiger partial charge is 1.00 e. The second-order valence-corrected chi connectivity index (χ2v) is 9.43. The van der Waals surface area contributed by atoms with Crippen molar-refractivity contribution >= 4 is 17.4 Å². The van der Waals surface area contributed by atoms with Crippen molar-refractivity contribution < 1.29 is 64.0 Å². The van der Waals surface area contributed by atoms with Crippen LogP contribution in [0.3, 0.4) is 0 Å². The molecule has 0 aliphatic heterocycles. The molecule has 2 aromatic carbocycles. The zero-order valence-electron chi connectivity index (χ0n) is 18.2. The Kier molecular flexibility index (Phi) is 15.5. The number of para-hydroxylation sites is 1. The average Bonchev–Trinajstić information content (AvgIpc) is 2.51. The van der Waals surface area contributed by atoms with Crippen LogP contribution in [0, 0.1) is 0 Å². The molecule has 0 aromatic heterocycles. The quantitative estimate of drug-likeness (QED) is 0.347. The zero-order chi connectivity index (χ0) is 18.8. The SMILES string of the molecule is CSc1ccccc1NCc1cc(C(C)(C)C)cc(C(C)(C)C)c1O.[Cl-].[Cl-].[Cl-].[Ti+3]. The van der Waals surface area contributed by atoms with Gasteiger partial charge in [-0.25, -0.2) is 0 Å². The van der Waals surface area contributed by atoms with Gasteiger partial charge in [-0.1, -0.05) is 59.7 Å². The van der Waals surface area contributed by atoms with Crippen molar-refractivity contribution in [1.29, 1.82) is 0 Å². The van der Waals surface area contributed by atoms with E-state index in [-0.39, 0.29) is 69.8 Å². The fraction of sp³-hybridized carbons (Fsp3) is 0.455. The molecule has 0 heterocycles. The van der Waals surface area contributed by atoms with Crippen molar-refractivity contribution in [2.24, 2.45) is 0 Å². The summed E-state index contributed by atoms with van der Waals surface area (Å²) >= 11 is 1.72. The molecule has 7 heteroatoms. The van der Waals surface area contributed by atoms with Crippen molar-refractivity contribution in [3.8, 4) is 5.75 Å². The number of thioether (sulfide) groups is 1. The fourth-order valence-electron chi connectivity index (χ4n) is 2.82. The van der Waals surface area contributed by atoms with Crippen molar-refractivity contribution in [2.45, 2.75) is 63.8 Å². The number of phenols is 1. The number of benzene rings is 2. The van der Waals surface area contributed by atoms with Gasteiger partial charge >= 0.3 is 21.7 Å². The Balaban J connectivity index is -0.00000169. The van der Waals surface area contributed by atoms with Crippen LogP contribution in [0.15, 0.2) is 41.3 Å². The number of hydrogen-bond donors (Lipinski definition) is 2. The second-order valence-electron chi connectivity index (χ2n) is 8.59. The van der Waals surface area contributed by atoms with Crippen LogP contribution in [-0.4, -0.2) is 11.4 Å². The summed E-state index contributed by atoms with van der Waals surface area (Å²) in [5.74, 6) is 0.412. The van der Waals surface area contributed by atoms with Gasteiger partial charge in [-0.15, -0.1) is 11.8 Å². The first-order chi connectivity index (χ1) is 11.5. The summed E-state index contributed by atoms with van der Waals surface area (Å²) in [4.78, 5) is 1.21. The van der Waals surface area contributed by atoms with Gasteiger partial charge in [0.15, 0.2) is 0 Å². The van der Waals surface area contributed by atoms with Gasteiger partial charge in [0.2, 0.25) is 0 Å². The van der Waals surface area contributed by atoms with Crippen LogP contribution in [0.25, 0.3) is 0 Å². The molecule has 161 valence electrons. The molecule has 0 spiro atoms. The molecule has 0 saturated carbocycles. The summed E-state index contributed by atoms with van der Waals surface area (Å²) in [7, 11) is 0. The van der Waals surface area contributed by atoms with Crippen LogP contribution in [0.1, 0.15) is 58.2 Å². The molecule has 0 bridgehead atoms. The molecule has 0 amide bonds. The third-order valence-electron chi connectivity index (χ3n) is 4.44. The third kappa shape index (κ3) is 8.93. The van der Waals surface area contributed by atoms with Crippen LogP contribution in [0.4, 0.5) is 5.69 Å². The fourth-order valence-corrected chi connectivity index (χ4v) is 3.39. The number of hydrogen-bond acceptors (Lipinski definition) is 3. The Morgan fingerprint density at radius 2 is 1.45 bits per heavy atom. The van der Waals surface area contributed by atoms with E-state index in [9.17, 15) is 5.11 Å². The van der Waals surface area contributed by atoms with Gasteiger partial charge in [-0.05, 0) is 46.4 Å². The molecule has 1 radical (unpaired) electrons. The summed E-state index contributed by atoms with van der Waals surface area (Å²) in [6, 6.07) is 12.6. The molecule has 2 aromatic rings. The molecule has 2 nitrogen and oxygen atoms in total. The molecule has 2 rings (SSSR count). The van der Waals surface area contributed by atoms with Gasteiger partial charge < -0.3 is 47.6 Å². The summed E-state index contributed by atoms with van der Waals surface area (Å²) in [5, 5.41) is 14.4. The van der Waals surface area contributed by atoms with Crippen LogP contribution in [-0.2, 0) is 39.1 Å². The molecule has 0 aliphatic rings. The van der Waals surface area contributed by atoms with Crippen molar-refractivity contribution in [3.63, 3.8) is 0 Å². The molecule has 0 unspecified atom stereocenters.